The standard InChI is InChI=1S/C17H22ClN5O/c1-17(2,3)13(19)8-10-7-12-14(20-9-11-5-4-6-24-11)22-16(18)23-15(12)21-10/h4-7,13H,8-9,19H2,1-3H3,(H2,20,21,22,23)/t13-/m1/s1. The lowest BCUT2D eigenvalue weighted by atomic mass is 9.85. The Hall–Kier alpha value is -2.05. The average molecular weight is 348 g/mol. The highest BCUT2D eigenvalue weighted by Gasteiger charge is 2.22. The maximum absolute atomic E-state index is 6.29. The van der Waals surface area contributed by atoms with Gasteiger partial charge >= 0.3 is 0 Å². The van der Waals surface area contributed by atoms with Gasteiger partial charge in [-0.15, -0.1) is 0 Å². The second kappa shape index (κ2) is 6.45. The number of aromatic nitrogens is 3. The van der Waals surface area contributed by atoms with Gasteiger partial charge < -0.3 is 20.5 Å². The van der Waals surface area contributed by atoms with E-state index >= 15 is 0 Å². The van der Waals surface area contributed by atoms with Gasteiger partial charge in [-0.3, -0.25) is 0 Å². The van der Waals surface area contributed by atoms with Gasteiger partial charge in [-0.25, -0.2) is 4.98 Å². The van der Waals surface area contributed by atoms with E-state index in [9.17, 15) is 0 Å². The zero-order valence-electron chi connectivity index (χ0n) is 14.1. The van der Waals surface area contributed by atoms with Crippen molar-refractivity contribution < 1.29 is 4.42 Å². The number of hydrogen-bond acceptors (Lipinski definition) is 5. The number of nitrogens with two attached hydrogens (primary N) is 1. The van der Waals surface area contributed by atoms with Crippen molar-refractivity contribution in [1.29, 1.82) is 0 Å². The van der Waals surface area contributed by atoms with Gasteiger partial charge in [-0.2, -0.15) is 4.98 Å². The molecule has 0 unspecified atom stereocenters. The molecule has 128 valence electrons. The van der Waals surface area contributed by atoms with Crippen LogP contribution in [0.1, 0.15) is 32.2 Å². The number of nitrogens with one attached hydrogen (secondary N) is 2. The fourth-order valence-electron chi connectivity index (χ4n) is 2.41. The monoisotopic (exact) mass is 347 g/mol. The molecule has 6 nitrogen and oxygen atoms in total. The summed E-state index contributed by atoms with van der Waals surface area (Å²) in [5.41, 5.74) is 8.03. The van der Waals surface area contributed by atoms with E-state index in [4.69, 9.17) is 21.8 Å². The van der Waals surface area contributed by atoms with E-state index < -0.39 is 0 Å². The van der Waals surface area contributed by atoms with Crippen LogP contribution in [0.2, 0.25) is 5.28 Å². The third-order valence-corrected chi connectivity index (χ3v) is 4.25. The minimum atomic E-state index is 0.0288. The molecular formula is C17H22ClN5O. The van der Waals surface area contributed by atoms with Crippen LogP contribution in [0, 0.1) is 5.41 Å². The summed E-state index contributed by atoms with van der Waals surface area (Å²) in [6.07, 6.45) is 2.37. The molecule has 0 aliphatic carbocycles. The molecule has 7 heteroatoms. The number of aromatic amines is 1. The fraction of sp³-hybridized carbons (Fsp3) is 0.412. The van der Waals surface area contributed by atoms with Crippen LogP contribution in [0.15, 0.2) is 28.9 Å². The molecule has 0 saturated heterocycles. The number of anilines is 1. The Morgan fingerprint density at radius 3 is 2.83 bits per heavy atom. The van der Waals surface area contributed by atoms with E-state index in [1.165, 1.54) is 0 Å². The maximum Gasteiger partial charge on any atom is 0.226 e. The molecule has 0 aliphatic heterocycles. The van der Waals surface area contributed by atoms with Gasteiger partial charge in [0.25, 0.3) is 0 Å². The minimum absolute atomic E-state index is 0.0288. The predicted molar refractivity (Wildman–Crippen MR) is 96.1 cm³/mol. The first-order valence-electron chi connectivity index (χ1n) is 7.90. The number of hydrogen-bond donors (Lipinski definition) is 3. The summed E-state index contributed by atoms with van der Waals surface area (Å²) in [5.74, 6) is 1.50. The summed E-state index contributed by atoms with van der Waals surface area (Å²) in [6, 6.07) is 5.81. The minimum Gasteiger partial charge on any atom is -0.467 e. The van der Waals surface area contributed by atoms with Crippen molar-refractivity contribution in [3.8, 4) is 0 Å². The Morgan fingerprint density at radius 1 is 1.38 bits per heavy atom. The number of H-pyrrole nitrogens is 1. The van der Waals surface area contributed by atoms with Crippen molar-refractivity contribution in [3.05, 3.63) is 41.2 Å². The molecule has 4 N–H and O–H groups in total. The van der Waals surface area contributed by atoms with Crippen LogP contribution < -0.4 is 11.1 Å². The normalized spacial score (nSPS) is 13.4. The second-order valence-electron chi connectivity index (χ2n) is 7.01. The Morgan fingerprint density at radius 2 is 2.17 bits per heavy atom. The zero-order chi connectivity index (χ0) is 17.3. The predicted octanol–water partition coefficient (Wildman–Crippen LogP) is 3.73. The van der Waals surface area contributed by atoms with E-state index in [1.807, 2.05) is 18.2 Å². The highest BCUT2D eigenvalue weighted by molar-refractivity contribution is 6.28. The summed E-state index contributed by atoms with van der Waals surface area (Å²) < 4.78 is 5.33. The maximum atomic E-state index is 6.29. The molecule has 0 saturated carbocycles. The smallest absolute Gasteiger partial charge is 0.226 e. The lowest BCUT2D eigenvalue weighted by molar-refractivity contribution is 0.317. The number of furan rings is 1. The van der Waals surface area contributed by atoms with Crippen LogP contribution in [-0.4, -0.2) is 21.0 Å². The molecule has 24 heavy (non-hydrogen) atoms. The average Bonchev–Trinajstić information content (AvgIpc) is 3.12. The zero-order valence-corrected chi connectivity index (χ0v) is 14.8. The number of rotatable bonds is 5. The van der Waals surface area contributed by atoms with E-state index in [-0.39, 0.29) is 16.7 Å². The van der Waals surface area contributed by atoms with Crippen LogP contribution in [0.5, 0.6) is 0 Å². The summed E-state index contributed by atoms with van der Waals surface area (Å²) >= 11 is 6.04. The highest BCUT2D eigenvalue weighted by atomic mass is 35.5. The lowest BCUT2D eigenvalue weighted by Gasteiger charge is -2.26. The fourth-order valence-corrected chi connectivity index (χ4v) is 2.58. The van der Waals surface area contributed by atoms with Gasteiger partial charge in [0.1, 0.15) is 17.2 Å². The molecule has 0 aliphatic rings. The van der Waals surface area contributed by atoms with Gasteiger partial charge in [0, 0.05) is 18.2 Å². The molecule has 3 aromatic rings. The van der Waals surface area contributed by atoms with Crippen LogP contribution in [0.3, 0.4) is 0 Å². The van der Waals surface area contributed by atoms with Crippen molar-refractivity contribution in [1.82, 2.24) is 15.0 Å². The van der Waals surface area contributed by atoms with Crippen molar-refractivity contribution in [3.63, 3.8) is 0 Å². The van der Waals surface area contributed by atoms with Crippen molar-refractivity contribution in [2.45, 2.75) is 39.8 Å². The molecule has 1 atom stereocenters. The van der Waals surface area contributed by atoms with Gasteiger partial charge in [0.05, 0.1) is 18.2 Å². The first-order chi connectivity index (χ1) is 11.3. The molecule has 0 bridgehead atoms. The largest absolute Gasteiger partial charge is 0.467 e. The molecule has 0 aromatic carbocycles. The molecule has 3 rings (SSSR count). The van der Waals surface area contributed by atoms with Crippen molar-refractivity contribution in [2.75, 3.05) is 5.32 Å². The van der Waals surface area contributed by atoms with Gasteiger partial charge in [-0.1, -0.05) is 20.8 Å². The summed E-state index contributed by atoms with van der Waals surface area (Å²) in [5, 5.41) is 4.33. The van der Waals surface area contributed by atoms with Crippen LogP contribution in [0.25, 0.3) is 11.0 Å². The first-order valence-corrected chi connectivity index (χ1v) is 8.27. The Bertz CT molecular complexity index is 819. The summed E-state index contributed by atoms with van der Waals surface area (Å²) in [4.78, 5) is 11.9. The molecule has 3 heterocycles. The van der Waals surface area contributed by atoms with Crippen LogP contribution in [-0.2, 0) is 13.0 Å². The van der Waals surface area contributed by atoms with E-state index in [1.54, 1.807) is 6.26 Å². The first kappa shape index (κ1) is 16.8. The van der Waals surface area contributed by atoms with E-state index in [2.05, 4.69) is 41.0 Å². The Balaban J connectivity index is 1.86. The van der Waals surface area contributed by atoms with Gasteiger partial charge in [0.15, 0.2) is 0 Å². The van der Waals surface area contributed by atoms with E-state index in [0.717, 1.165) is 23.3 Å². The third-order valence-electron chi connectivity index (χ3n) is 4.08. The lowest BCUT2D eigenvalue weighted by Crippen LogP contribution is -2.36. The molecule has 3 aromatic heterocycles. The molecule has 0 fully saturated rings. The topological polar surface area (TPSA) is 92.8 Å². The Kier molecular flexibility index (Phi) is 4.51. The van der Waals surface area contributed by atoms with Gasteiger partial charge in [0.2, 0.25) is 5.28 Å². The van der Waals surface area contributed by atoms with Crippen molar-refractivity contribution in [2.24, 2.45) is 11.1 Å². The Labute approximate surface area is 145 Å². The SMILES string of the molecule is CC(C)(C)[C@H](N)Cc1cc2c(NCc3ccco3)nc(Cl)nc2[nH]1. The van der Waals surface area contributed by atoms with Crippen molar-refractivity contribution >= 4 is 28.5 Å². The van der Waals surface area contributed by atoms with Crippen LogP contribution in [0.4, 0.5) is 5.82 Å². The number of fused-ring (bicyclic) bond motifs is 1. The molecular weight excluding hydrogens is 326 g/mol. The quantitative estimate of drug-likeness (QED) is 0.611. The second-order valence-corrected chi connectivity index (χ2v) is 7.35. The third kappa shape index (κ3) is 3.71. The molecule has 0 spiro atoms. The molecule has 0 amide bonds. The summed E-state index contributed by atoms with van der Waals surface area (Å²) in [7, 11) is 0. The van der Waals surface area contributed by atoms with Gasteiger partial charge in [-0.05, 0) is 35.2 Å². The summed E-state index contributed by atoms with van der Waals surface area (Å²) in [6.45, 7) is 6.92. The molecule has 0 radical (unpaired) electrons. The highest BCUT2D eigenvalue weighted by Crippen LogP contribution is 2.26. The number of halogens is 1. The van der Waals surface area contributed by atoms with Crippen LogP contribution >= 0.6 is 11.6 Å². The number of nitrogens with zero attached hydrogens (tertiary/aromatic N) is 2. The van der Waals surface area contributed by atoms with E-state index in [0.29, 0.717) is 18.0 Å².